The lowest BCUT2D eigenvalue weighted by atomic mass is 9.81. The summed E-state index contributed by atoms with van der Waals surface area (Å²) in [5.41, 5.74) is 2.12. The van der Waals surface area contributed by atoms with Crippen LogP contribution in [0.5, 0.6) is 0 Å². The highest BCUT2D eigenvalue weighted by atomic mass is 32.2. The van der Waals surface area contributed by atoms with Gasteiger partial charge < -0.3 is 0 Å². The largest absolute Gasteiger partial charge is 0.294 e. The molecule has 2 saturated carbocycles. The SMILES string of the molecule is O=C1CCCc2nc(S(=O)CC3CCC4(CC3)CC4)ncc21. The number of hydrogen-bond acceptors (Lipinski definition) is 4. The number of hydrogen-bond donors (Lipinski definition) is 0. The Morgan fingerprint density at radius 2 is 1.95 bits per heavy atom. The Morgan fingerprint density at radius 1 is 1.18 bits per heavy atom. The molecule has 1 heterocycles. The fourth-order valence-corrected chi connectivity index (χ4v) is 5.20. The molecule has 2 fully saturated rings. The van der Waals surface area contributed by atoms with Gasteiger partial charge in [-0.15, -0.1) is 0 Å². The molecule has 3 aliphatic rings. The van der Waals surface area contributed by atoms with Gasteiger partial charge in [0.25, 0.3) is 0 Å². The van der Waals surface area contributed by atoms with Gasteiger partial charge >= 0.3 is 0 Å². The second-order valence-corrected chi connectivity index (χ2v) is 8.63. The van der Waals surface area contributed by atoms with Gasteiger partial charge in [-0.1, -0.05) is 0 Å². The summed E-state index contributed by atoms with van der Waals surface area (Å²) < 4.78 is 12.6. The van der Waals surface area contributed by atoms with Crippen LogP contribution in [-0.4, -0.2) is 25.7 Å². The smallest absolute Gasteiger partial charge is 0.218 e. The van der Waals surface area contributed by atoms with Crippen LogP contribution in [0.1, 0.15) is 67.4 Å². The summed E-state index contributed by atoms with van der Waals surface area (Å²) in [5, 5.41) is 0.431. The number of ketones is 1. The predicted octanol–water partition coefficient (Wildman–Crippen LogP) is 3.07. The summed E-state index contributed by atoms with van der Waals surface area (Å²) >= 11 is 0. The van der Waals surface area contributed by atoms with Crippen LogP contribution >= 0.6 is 0 Å². The summed E-state index contributed by atoms with van der Waals surface area (Å²) in [6.45, 7) is 0. The van der Waals surface area contributed by atoms with Gasteiger partial charge in [-0.05, 0) is 62.7 Å². The summed E-state index contributed by atoms with van der Waals surface area (Å²) in [7, 11) is -1.13. The lowest BCUT2D eigenvalue weighted by Gasteiger charge is -2.27. The van der Waals surface area contributed by atoms with Crippen molar-refractivity contribution < 1.29 is 9.00 Å². The highest BCUT2D eigenvalue weighted by molar-refractivity contribution is 7.84. The molecule has 0 amide bonds. The predicted molar refractivity (Wildman–Crippen MR) is 84.2 cm³/mol. The molecule has 0 aromatic carbocycles. The molecule has 22 heavy (non-hydrogen) atoms. The van der Waals surface area contributed by atoms with E-state index in [1.807, 2.05) is 0 Å². The van der Waals surface area contributed by atoms with Gasteiger partial charge in [0, 0.05) is 18.4 Å². The third kappa shape index (κ3) is 2.75. The molecular weight excluding hydrogens is 296 g/mol. The third-order valence-corrected chi connectivity index (χ3v) is 7.06. The lowest BCUT2D eigenvalue weighted by molar-refractivity contribution is 0.0970. The van der Waals surface area contributed by atoms with Gasteiger partial charge in [0.1, 0.15) is 0 Å². The van der Waals surface area contributed by atoms with Crippen LogP contribution in [0.2, 0.25) is 0 Å². The Balaban J connectivity index is 1.43. The molecule has 4 rings (SSSR count). The second kappa shape index (κ2) is 5.52. The van der Waals surface area contributed by atoms with E-state index >= 15 is 0 Å². The molecular formula is C17H22N2O2S. The first kappa shape index (κ1) is 14.5. The van der Waals surface area contributed by atoms with Crippen molar-refractivity contribution in [3.8, 4) is 0 Å². The Bertz CT molecular complexity index is 630. The molecule has 1 aromatic heterocycles. The highest BCUT2D eigenvalue weighted by Gasteiger charge is 2.44. The van der Waals surface area contributed by atoms with Crippen LogP contribution in [0.3, 0.4) is 0 Å². The first-order valence-electron chi connectivity index (χ1n) is 8.43. The number of fused-ring (bicyclic) bond motifs is 1. The average Bonchev–Trinajstić information content (AvgIpc) is 3.29. The van der Waals surface area contributed by atoms with Crippen LogP contribution in [-0.2, 0) is 17.2 Å². The Morgan fingerprint density at radius 3 is 2.68 bits per heavy atom. The number of carbonyl (C=O) groups excluding carboxylic acids is 1. The third-order valence-electron chi connectivity index (χ3n) is 5.68. The second-order valence-electron chi connectivity index (χ2n) is 7.25. The molecule has 1 aromatic rings. The number of aryl methyl sites for hydroxylation is 1. The van der Waals surface area contributed by atoms with Crippen molar-refractivity contribution in [2.24, 2.45) is 11.3 Å². The Kier molecular flexibility index (Phi) is 3.63. The number of carbonyl (C=O) groups is 1. The van der Waals surface area contributed by atoms with Crippen molar-refractivity contribution in [3.63, 3.8) is 0 Å². The van der Waals surface area contributed by atoms with Crippen molar-refractivity contribution in [1.82, 2.24) is 9.97 Å². The van der Waals surface area contributed by atoms with Crippen molar-refractivity contribution in [1.29, 1.82) is 0 Å². The zero-order valence-corrected chi connectivity index (χ0v) is 13.7. The molecule has 1 atom stereocenters. The van der Waals surface area contributed by atoms with Gasteiger partial charge in [-0.25, -0.2) is 9.97 Å². The molecule has 5 heteroatoms. The van der Waals surface area contributed by atoms with Crippen LogP contribution in [0.15, 0.2) is 11.4 Å². The van der Waals surface area contributed by atoms with E-state index in [0.29, 0.717) is 34.2 Å². The van der Waals surface area contributed by atoms with Gasteiger partial charge in [0.05, 0.1) is 22.1 Å². The number of nitrogens with zero attached hydrogens (tertiary/aromatic N) is 2. The van der Waals surface area contributed by atoms with E-state index in [9.17, 15) is 9.00 Å². The van der Waals surface area contributed by atoms with E-state index in [4.69, 9.17) is 0 Å². The van der Waals surface area contributed by atoms with Crippen molar-refractivity contribution in [3.05, 3.63) is 17.5 Å². The normalized spacial score (nSPS) is 25.0. The van der Waals surface area contributed by atoms with Gasteiger partial charge in [-0.3, -0.25) is 9.00 Å². The minimum Gasteiger partial charge on any atom is -0.294 e. The minimum atomic E-state index is -1.13. The molecule has 1 spiro atoms. The lowest BCUT2D eigenvalue weighted by Crippen LogP contribution is -2.22. The standard InChI is InChI=1S/C17H22N2O2S/c20-15-3-1-2-14-13(15)10-18-16(19-14)22(21)11-12-4-6-17(7-5-12)8-9-17/h10,12H,1-9,11H2. The van der Waals surface area contributed by atoms with Crippen LogP contribution in [0.25, 0.3) is 0 Å². The van der Waals surface area contributed by atoms with E-state index in [1.165, 1.54) is 38.5 Å². The van der Waals surface area contributed by atoms with Crippen molar-refractivity contribution in [2.45, 2.75) is 62.9 Å². The number of aromatic nitrogens is 2. The van der Waals surface area contributed by atoms with Gasteiger partial charge in [0.2, 0.25) is 5.16 Å². The first-order chi connectivity index (χ1) is 10.7. The Labute approximate surface area is 133 Å². The highest BCUT2D eigenvalue weighted by Crippen LogP contribution is 2.57. The molecule has 118 valence electrons. The molecule has 1 unspecified atom stereocenters. The number of rotatable bonds is 3. The van der Waals surface area contributed by atoms with Crippen LogP contribution in [0, 0.1) is 11.3 Å². The fraction of sp³-hybridized carbons (Fsp3) is 0.706. The molecule has 3 aliphatic carbocycles. The van der Waals surface area contributed by atoms with E-state index in [1.54, 1.807) is 6.20 Å². The van der Waals surface area contributed by atoms with Crippen molar-refractivity contribution >= 4 is 16.6 Å². The fourth-order valence-electron chi connectivity index (χ4n) is 3.91. The molecule has 0 saturated heterocycles. The van der Waals surface area contributed by atoms with E-state index < -0.39 is 10.8 Å². The summed E-state index contributed by atoms with van der Waals surface area (Å²) in [6.07, 6.45) is 11.7. The molecule has 0 aliphatic heterocycles. The summed E-state index contributed by atoms with van der Waals surface area (Å²) in [4.78, 5) is 20.4. The maximum atomic E-state index is 12.6. The van der Waals surface area contributed by atoms with E-state index in [2.05, 4.69) is 9.97 Å². The molecule has 0 N–H and O–H groups in total. The maximum Gasteiger partial charge on any atom is 0.218 e. The zero-order valence-electron chi connectivity index (χ0n) is 12.8. The topological polar surface area (TPSA) is 59.9 Å². The van der Waals surface area contributed by atoms with Crippen LogP contribution in [0.4, 0.5) is 0 Å². The maximum absolute atomic E-state index is 12.6. The van der Waals surface area contributed by atoms with E-state index in [-0.39, 0.29) is 5.78 Å². The monoisotopic (exact) mass is 318 g/mol. The summed E-state index contributed by atoms with van der Waals surface area (Å²) in [6, 6.07) is 0. The molecule has 4 nitrogen and oxygen atoms in total. The molecule has 0 bridgehead atoms. The van der Waals surface area contributed by atoms with Gasteiger partial charge in [0.15, 0.2) is 5.78 Å². The van der Waals surface area contributed by atoms with Gasteiger partial charge in [-0.2, -0.15) is 0 Å². The van der Waals surface area contributed by atoms with Crippen LogP contribution < -0.4 is 0 Å². The van der Waals surface area contributed by atoms with E-state index in [0.717, 1.165) is 18.5 Å². The van der Waals surface area contributed by atoms with Crippen molar-refractivity contribution in [2.75, 3.05) is 5.75 Å². The summed E-state index contributed by atoms with van der Waals surface area (Å²) in [5.74, 6) is 1.36. The zero-order chi connectivity index (χ0) is 15.2. The molecule has 0 radical (unpaired) electrons. The average molecular weight is 318 g/mol. The quantitative estimate of drug-likeness (QED) is 0.804. The number of Topliss-reactive ketones (excluding diaryl/α,β-unsaturated/α-hetero) is 1. The minimum absolute atomic E-state index is 0.126. The first-order valence-corrected chi connectivity index (χ1v) is 9.75. The Hall–Kier alpha value is -1.10.